The minimum absolute atomic E-state index is 0.106. The molecule has 0 aliphatic heterocycles. The molecule has 0 saturated carbocycles. The van der Waals surface area contributed by atoms with E-state index in [0.717, 1.165) is 141 Å². The minimum atomic E-state index is -0.811. The Kier molecular flexibility index (Phi) is 61.4. The largest absolute Gasteiger partial charge is 0.462 e. The van der Waals surface area contributed by atoms with E-state index in [1.165, 1.54) is 77.0 Å². The third-order valence-corrected chi connectivity index (χ3v) is 13.0. The number of carbonyl (C=O) groups is 3. The highest BCUT2D eigenvalue weighted by Crippen LogP contribution is 2.15. The fourth-order valence-electron chi connectivity index (χ4n) is 8.32. The Labute approximate surface area is 486 Å². The van der Waals surface area contributed by atoms with Crippen LogP contribution in [-0.2, 0) is 28.6 Å². The van der Waals surface area contributed by atoms with Gasteiger partial charge >= 0.3 is 17.9 Å². The normalized spacial score (nSPS) is 13.2. The lowest BCUT2D eigenvalue weighted by atomic mass is 10.0. The van der Waals surface area contributed by atoms with Gasteiger partial charge in [0.2, 0.25) is 0 Å². The number of ether oxygens (including phenoxy) is 3. The van der Waals surface area contributed by atoms with Crippen LogP contribution >= 0.6 is 0 Å². The van der Waals surface area contributed by atoms with Crippen molar-refractivity contribution >= 4 is 17.9 Å². The highest BCUT2D eigenvalue weighted by Gasteiger charge is 2.19. The topological polar surface area (TPSA) is 78.9 Å². The van der Waals surface area contributed by atoms with E-state index in [1.807, 2.05) is 0 Å². The molecule has 444 valence electrons. The molecule has 0 aliphatic carbocycles. The van der Waals surface area contributed by atoms with Crippen LogP contribution in [0.15, 0.2) is 158 Å². The van der Waals surface area contributed by atoms with E-state index >= 15 is 0 Å². The molecule has 0 amide bonds. The molecule has 1 atom stereocenters. The zero-order valence-electron chi connectivity index (χ0n) is 50.8. The van der Waals surface area contributed by atoms with Crippen molar-refractivity contribution in [3.63, 3.8) is 0 Å². The number of hydrogen-bond donors (Lipinski definition) is 0. The van der Waals surface area contributed by atoms with Gasteiger partial charge in [-0.25, -0.2) is 0 Å². The summed E-state index contributed by atoms with van der Waals surface area (Å²) in [6.45, 7) is 6.27. The van der Waals surface area contributed by atoms with Gasteiger partial charge in [-0.05, 0) is 122 Å². The third-order valence-electron chi connectivity index (χ3n) is 13.0. The Bertz CT molecular complexity index is 1780. The summed E-state index contributed by atoms with van der Waals surface area (Å²) in [5.74, 6) is -0.984. The number of carbonyl (C=O) groups excluding carboxylic acids is 3. The molecule has 79 heavy (non-hydrogen) atoms. The maximum absolute atomic E-state index is 12.8. The molecule has 0 saturated heterocycles. The first-order chi connectivity index (χ1) is 39.0. The van der Waals surface area contributed by atoms with Gasteiger partial charge in [0.1, 0.15) is 13.2 Å². The van der Waals surface area contributed by atoms with E-state index in [-0.39, 0.29) is 37.5 Å². The zero-order valence-corrected chi connectivity index (χ0v) is 50.8. The summed E-state index contributed by atoms with van der Waals surface area (Å²) in [5.41, 5.74) is 0. The van der Waals surface area contributed by atoms with E-state index < -0.39 is 6.10 Å². The molecule has 0 radical (unpaired) electrons. The number of esters is 3. The molecule has 0 rings (SSSR count). The Morgan fingerprint density at radius 1 is 0.266 bits per heavy atom. The van der Waals surface area contributed by atoms with E-state index in [9.17, 15) is 14.4 Å². The second-order valence-electron chi connectivity index (χ2n) is 20.6. The SMILES string of the molecule is CC/C=C\C/C=C\C/C=C\C/C=C\C/C=C\C/C=C\C/C=C\CCCC(=O)OC(COC(=O)CCCCCCC)COC(=O)CCCCCCCCCCCCCCCC/C=C\C/C=C\C/C=C\C/C=C\C/C=C\C/C=C\CC. The van der Waals surface area contributed by atoms with Crippen molar-refractivity contribution in [1.82, 2.24) is 0 Å². The van der Waals surface area contributed by atoms with Crippen LogP contribution in [0.5, 0.6) is 0 Å². The van der Waals surface area contributed by atoms with Crippen molar-refractivity contribution in [3.05, 3.63) is 158 Å². The van der Waals surface area contributed by atoms with Gasteiger partial charge in [0.05, 0.1) is 0 Å². The molecular weight excluding hydrogens is 973 g/mol. The Balaban J connectivity index is 4.11. The van der Waals surface area contributed by atoms with Crippen LogP contribution in [0.4, 0.5) is 0 Å². The van der Waals surface area contributed by atoms with Crippen LogP contribution in [0, 0.1) is 0 Å². The molecule has 0 fully saturated rings. The Morgan fingerprint density at radius 2 is 0.506 bits per heavy atom. The van der Waals surface area contributed by atoms with Gasteiger partial charge in [0.15, 0.2) is 6.10 Å². The molecule has 6 nitrogen and oxygen atoms in total. The van der Waals surface area contributed by atoms with E-state index in [4.69, 9.17) is 14.2 Å². The predicted octanol–water partition coefficient (Wildman–Crippen LogP) is 22.1. The Morgan fingerprint density at radius 3 is 0.810 bits per heavy atom. The summed E-state index contributed by atoms with van der Waals surface area (Å²) < 4.78 is 16.7. The van der Waals surface area contributed by atoms with Crippen LogP contribution in [-0.4, -0.2) is 37.2 Å². The molecule has 0 bridgehead atoms. The van der Waals surface area contributed by atoms with Gasteiger partial charge in [-0.1, -0.05) is 281 Å². The van der Waals surface area contributed by atoms with Crippen LogP contribution in [0.1, 0.15) is 265 Å². The van der Waals surface area contributed by atoms with E-state index in [0.29, 0.717) is 19.3 Å². The van der Waals surface area contributed by atoms with Crippen molar-refractivity contribution in [2.75, 3.05) is 13.2 Å². The van der Waals surface area contributed by atoms with E-state index in [1.54, 1.807) is 0 Å². The van der Waals surface area contributed by atoms with Gasteiger partial charge < -0.3 is 14.2 Å². The first-order valence-corrected chi connectivity index (χ1v) is 32.0. The quantitative estimate of drug-likeness (QED) is 0.0261. The fraction of sp³-hybridized carbons (Fsp3) is 0.603. The van der Waals surface area contributed by atoms with E-state index in [2.05, 4.69) is 179 Å². The van der Waals surface area contributed by atoms with Gasteiger partial charge in [-0.15, -0.1) is 0 Å². The van der Waals surface area contributed by atoms with Gasteiger partial charge in [-0.3, -0.25) is 14.4 Å². The van der Waals surface area contributed by atoms with Crippen LogP contribution in [0.25, 0.3) is 0 Å². The monoisotopic (exact) mass is 1090 g/mol. The maximum Gasteiger partial charge on any atom is 0.306 e. The second kappa shape index (κ2) is 65.5. The van der Waals surface area contributed by atoms with Crippen molar-refractivity contribution in [1.29, 1.82) is 0 Å². The summed E-state index contributed by atoms with van der Waals surface area (Å²) in [4.78, 5) is 37.9. The number of allylic oxidation sites excluding steroid dienone is 26. The van der Waals surface area contributed by atoms with Crippen molar-refractivity contribution < 1.29 is 28.6 Å². The van der Waals surface area contributed by atoms with Gasteiger partial charge in [-0.2, -0.15) is 0 Å². The molecule has 6 heteroatoms. The number of unbranched alkanes of at least 4 members (excludes halogenated alkanes) is 19. The lowest BCUT2D eigenvalue weighted by Gasteiger charge is -2.18. The molecule has 0 aromatic rings. The third kappa shape index (κ3) is 63.7. The molecule has 0 aromatic carbocycles. The smallest absolute Gasteiger partial charge is 0.306 e. The first kappa shape index (κ1) is 74.0. The maximum atomic E-state index is 12.8. The van der Waals surface area contributed by atoms with Crippen LogP contribution in [0.2, 0.25) is 0 Å². The molecule has 0 heterocycles. The molecule has 0 spiro atoms. The molecule has 1 unspecified atom stereocenters. The first-order valence-electron chi connectivity index (χ1n) is 32.0. The summed E-state index contributed by atoms with van der Waals surface area (Å²) >= 11 is 0. The summed E-state index contributed by atoms with van der Waals surface area (Å²) in [7, 11) is 0. The molecular formula is C73H116O6. The molecule has 0 aliphatic rings. The zero-order chi connectivity index (χ0) is 57.1. The summed E-state index contributed by atoms with van der Waals surface area (Å²) in [6, 6.07) is 0. The van der Waals surface area contributed by atoms with Crippen molar-refractivity contribution in [2.45, 2.75) is 271 Å². The average Bonchev–Trinajstić information content (AvgIpc) is 3.45. The Hall–Kier alpha value is -4.97. The average molecular weight is 1090 g/mol. The van der Waals surface area contributed by atoms with Crippen molar-refractivity contribution in [3.8, 4) is 0 Å². The second-order valence-corrected chi connectivity index (χ2v) is 20.6. The highest BCUT2D eigenvalue weighted by molar-refractivity contribution is 5.71. The fourth-order valence-corrected chi connectivity index (χ4v) is 8.32. The van der Waals surface area contributed by atoms with Crippen LogP contribution < -0.4 is 0 Å². The molecule has 0 N–H and O–H groups in total. The lowest BCUT2D eigenvalue weighted by molar-refractivity contribution is -0.167. The van der Waals surface area contributed by atoms with Crippen molar-refractivity contribution in [2.24, 2.45) is 0 Å². The number of rotatable bonds is 56. The van der Waals surface area contributed by atoms with Gasteiger partial charge in [0.25, 0.3) is 0 Å². The predicted molar refractivity (Wildman–Crippen MR) is 343 cm³/mol. The standard InChI is InChI=1S/C73H116O6/c1-4-7-10-13-15-17-19-21-23-25-27-29-31-32-33-34-35-36-37-38-39-40-42-43-45-47-49-51-53-55-57-60-63-66-72(75)78-69-70(68-77-71(74)65-62-59-12-9-6-3)79-73(76)67-64-61-58-56-54-52-50-48-46-44-41-30-28-26-24-22-20-18-16-14-11-8-5-2/h7-8,10-11,15-18,21-24,27-30,32-33,35-36,44,46,50,52,56,58,70H,4-6,9,12-14,19-20,25-26,31,34,37-43,45,47-49,51,53-55,57,59-69H2,1-3H3/b10-7-,11-8-,17-15-,18-16-,23-21-,24-22-,29-27-,30-28-,33-32-,36-35-,46-44-,52-50-,58-56-. The van der Waals surface area contributed by atoms with Gasteiger partial charge in [0, 0.05) is 19.3 Å². The van der Waals surface area contributed by atoms with Crippen LogP contribution in [0.3, 0.4) is 0 Å². The lowest BCUT2D eigenvalue weighted by Crippen LogP contribution is -2.30. The molecule has 0 aromatic heterocycles. The summed E-state index contributed by atoms with van der Waals surface area (Å²) in [6.07, 6.45) is 96.0. The highest BCUT2D eigenvalue weighted by atomic mass is 16.6. The summed E-state index contributed by atoms with van der Waals surface area (Å²) in [5, 5.41) is 0. The minimum Gasteiger partial charge on any atom is -0.462 e. The number of hydrogen-bond acceptors (Lipinski definition) is 6.